The molecule has 1 aromatic carbocycles. The van der Waals surface area contributed by atoms with Gasteiger partial charge in [-0.25, -0.2) is 0 Å². The first-order chi connectivity index (χ1) is 13.1. The number of H-pyrrole nitrogens is 1. The summed E-state index contributed by atoms with van der Waals surface area (Å²) in [5, 5.41) is 2.73. The number of aromatic nitrogens is 2. The molecule has 1 aliphatic heterocycles. The van der Waals surface area contributed by atoms with Gasteiger partial charge in [-0.15, -0.1) is 0 Å². The first-order valence-corrected chi connectivity index (χ1v) is 9.21. The van der Waals surface area contributed by atoms with E-state index in [0.29, 0.717) is 30.3 Å². The summed E-state index contributed by atoms with van der Waals surface area (Å²) in [6.07, 6.45) is 5.71. The number of piperidine rings is 1. The van der Waals surface area contributed by atoms with Crippen molar-refractivity contribution in [3.8, 4) is 0 Å². The van der Waals surface area contributed by atoms with Gasteiger partial charge in [0.15, 0.2) is 0 Å². The SMILES string of the molecule is CC(=O)Nc1cccc(C(=O)N2CCC(c3c[nH]c4cccnc34)CC2)c1. The number of hydrogen-bond acceptors (Lipinski definition) is 3. The van der Waals surface area contributed by atoms with Crippen molar-refractivity contribution in [2.75, 3.05) is 18.4 Å². The van der Waals surface area contributed by atoms with Crippen molar-refractivity contribution in [2.45, 2.75) is 25.7 Å². The minimum absolute atomic E-state index is 0.0118. The standard InChI is InChI=1S/C21H22N4O2/c1-14(26)24-17-5-2-4-16(12-17)21(27)25-10-7-15(8-11-25)18-13-23-19-6-3-9-22-20(18)19/h2-6,9,12-13,15,23H,7-8,10-11H2,1H3,(H,24,26). The molecule has 1 saturated heterocycles. The molecular formula is C21H22N4O2. The molecule has 0 bridgehead atoms. The number of nitrogens with one attached hydrogen (secondary N) is 2. The third-order valence-electron chi connectivity index (χ3n) is 5.12. The number of anilines is 1. The maximum atomic E-state index is 12.8. The molecule has 0 atom stereocenters. The molecule has 0 aliphatic carbocycles. The predicted molar refractivity (Wildman–Crippen MR) is 105 cm³/mol. The lowest BCUT2D eigenvalue weighted by atomic mass is 9.90. The van der Waals surface area contributed by atoms with Crippen LogP contribution in [-0.2, 0) is 4.79 Å². The zero-order valence-electron chi connectivity index (χ0n) is 15.2. The average Bonchev–Trinajstić information content (AvgIpc) is 3.11. The maximum Gasteiger partial charge on any atom is 0.253 e. The second-order valence-corrected chi connectivity index (χ2v) is 6.97. The summed E-state index contributed by atoms with van der Waals surface area (Å²) in [7, 11) is 0. The Morgan fingerprint density at radius 2 is 2.00 bits per heavy atom. The van der Waals surface area contributed by atoms with Crippen LogP contribution in [0.15, 0.2) is 48.8 Å². The van der Waals surface area contributed by atoms with E-state index < -0.39 is 0 Å². The Kier molecular flexibility index (Phi) is 4.62. The van der Waals surface area contributed by atoms with E-state index in [1.165, 1.54) is 12.5 Å². The molecule has 2 aromatic heterocycles. The monoisotopic (exact) mass is 362 g/mol. The molecule has 0 unspecified atom stereocenters. The van der Waals surface area contributed by atoms with Crippen LogP contribution in [0.1, 0.15) is 41.6 Å². The number of aromatic amines is 1. The Morgan fingerprint density at radius 1 is 1.19 bits per heavy atom. The molecule has 1 fully saturated rings. The first kappa shape index (κ1) is 17.3. The van der Waals surface area contributed by atoms with Gasteiger partial charge in [-0.3, -0.25) is 14.6 Å². The molecule has 2 N–H and O–H groups in total. The van der Waals surface area contributed by atoms with Gasteiger partial charge >= 0.3 is 0 Å². The van der Waals surface area contributed by atoms with Crippen molar-refractivity contribution in [3.05, 3.63) is 59.9 Å². The number of hydrogen-bond donors (Lipinski definition) is 2. The summed E-state index contributed by atoms with van der Waals surface area (Å²) in [6.45, 7) is 2.89. The Hall–Kier alpha value is -3.15. The number of nitrogens with zero attached hydrogens (tertiary/aromatic N) is 2. The van der Waals surface area contributed by atoms with E-state index >= 15 is 0 Å². The molecule has 138 valence electrons. The quantitative estimate of drug-likeness (QED) is 0.748. The maximum absolute atomic E-state index is 12.8. The summed E-state index contributed by atoms with van der Waals surface area (Å²) in [5.74, 6) is 0.272. The van der Waals surface area contributed by atoms with Gasteiger partial charge < -0.3 is 15.2 Å². The van der Waals surface area contributed by atoms with Crippen LogP contribution in [0.4, 0.5) is 5.69 Å². The number of likely N-dealkylation sites (tertiary alicyclic amines) is 1. The highest BCUT2D eigenvalue weighted by Crippen LogP contribution is 2.32. The van der Waals surface area contributed by atoms with Crippen LogP contribution in [0.3, 0.4) is 0 Å². The molecule has 27 heavy (non-hydrogen) atoms. The molecule has 6 heteroatoms. The Morgan fingerprint density at radius 3 is 2.78 bits per heavy atom. The lowest BCUT2D eigenvalue weighted by molar-refractivity contribution is -0.114. The van der Waals surface area contributed by atoms with Crippen LogP contribution in [0.2, 0.25) is 0 Å². The molecule has 0 radical (unpaired) electrons. The van der Waals surface area contributed by atoms with E-state index in [0.717, 1.165) is 23.9 Å². The van der Waals surface area contributed by atoms with Crippen LogP contribution >= 0.6 is 0 Å². The Balaban J connectivity index is 1.44. The average molecular weight is 362 g/mol. The third-order valence-corrected chi connectivity index (χ3v) is 5.12. The molecule has 3 aromatic rings. The zero-order valence-corrected chi connectivity index (χ0v) is 15.2. The third kappa shape index (κ3) is 3.56. The lowest BCUT2D eigenvalue weighted by Crippen LogP contribution is -2.37. The smallest absolute Gasteiger partial charge is 0.253 e. The normalized spacial score (nSPS) is 15.1. The largest absolute Gasteiger partial charge is 0.360 e. The molecule has 3 heterocycles. The second kappa shape index (κ2) is 7.23. The Labute approximate surface area is 157 Å². The van der Waals surface area contributed by atoms with Gasteiger partial charge in [-0.05, 0) is 54.7 Å². The number of carbonyl (C=O) groups is 2. The lowest BCUT2D eigenvalue weighted by Gasteiger charge is -2.32. The topological polar surface area (TPSA) is 78.1 Å². The van der Waals surface area contributed by atoms with Crippen molar-refractivity contribution in [3.63, 3.8) is 0 Å². The van der Waals surface area contributed by atoms with Gasteiger partial charge in [-0.1, -0.05) is 6.07 Å². The van der Waals surface area contributed by atoms with Crippen LogP contribution < -0.4 is 5.32 Å². The fourth-order valence-electron chi connectivity index (χ4n) is 3.80. The molecule has 2 amide bonds. The molecule has 0 saturated carbocycles. The van der Waals surface area contributed by atoms with Gasteiger partial charge in [0.1, 0.15) is 0 Å². The summed E-state index contributed by atoms with van der Waals surface area (Å²) in [6, 6.07) is 11.1. The van der Waals surface area contributed by atoms with Gasteiger partial charge in [0.2, 0.25) is 5.91 Å². The fraction of sp³-hybridized carbons (Fsp3) is 0.286. The first-order valence-electron chi connectivity index (χ1n) is 9.21. The predicted octanol–water partition coefficient (Wildman–Crippen LogP) is 3.54. The van der Waals surface area contributed by atoms with Gasteiger partial charge in [-0.2, -0.15) is 0 Å². The van der Waals surface area contributed by atoms with E-state index in [1.807, 2.05) is 23.2 Å². The highest BCUT2D eigenvalue weighted by atomic mass is 16.2. The molecular weight excluding hydrogens is 340 g/mol. The van der Waals surface area contributed by atoms with Crippen molar-refractivity contribution in [1.29, 1.82) is 0 Å². The van der Waals surface area contributed by atoms with E-state index in [-0.39, 0.29) is 11.8 Å². The molecule has 1 aliphatic rings. The Bertz CT molecular complexity index is 987. The highest BCUT2D eigenvalue weighted by molar-refractivity contribution is 5.96. The van der Waals surface area contributed by atoms with Gasteiger partial charge in [0.25, 0.3) is 5.91 Å². The number of fused-ring (bicyclic) bond motifs is 1. The van der Waals surface area contributed by atoms with E-state index in [4.69, 9.17) is 0 Å². The number of carbonyl (C=O) groups excluding carboxylic acids is 2. The van der Waals surface area contributed by atoms with Crippen LogP contribution in [-0.4, -0.2) is 39.8 Å². The zero-order chi connectivity index (χ0) is 18.8. The van der Waals surface area contributed by atoms with Crippen molar-refractivity contribution < 1.29 is 9.59 Å². The van der Waals surface area contributed by atoms with Gasteiger partial charge in [0.05, 0.1) is 11.0 Å². The highest BCUT2D eigenvalue weighted by Gasteiger charge is 2.26. The van der Waals surface area contributed by atoms with Crippen molar-refractivity contribution in [1.82, 2.24) is 14.9 Å². The van der Waals surface area contributed by atoms with E-state index in [9.17, 15) is 9.59 Å². The van der Waals surface area contributed by atoms with E-state index in [1.54, 1.807) is 24.3 Å². The molecule has 0 spiro atoms. The number of rotatable bonds is 3. The summed E-state index contributed by atoms with van der Waals surface area (Å²) in [4.78, 5) is 33.8. The molecule has 6 nitrogen and oxygen atoms in total. The second-order valence-electron chi connectivity index (χ2n) is 6.97. The van der Waals surface area contributed by atoms with Gasteiger partial charge in [0, 0.05) is 43.7 Å². The summed E-state index contributed by atoms with van der Waals surface area (Å²) < 4.78 is 0. The summed E-state index contributed by atoms with van der Waals surface area (Å²) >= 11 is 0. The number of amides is 2. The number of benzene rings is 1. The van der Waals surface area contributed by atoms with Crippen LogP contribution in [0.25, 0.3) is 11.0 Å². The van der Waals surface area contributed by atoms with E-state index in [2.05, 4.69) is 21.5 Å². The van der Waals surface area contributed by atoms with Crippen molar-refractivity contribution in [2.24, 2.45) is 0 Å². The minimum Gasteiger partial charge on any atom is -0.360 e. The minimum atomic E-state index is -0.146. The van der Waals surface area contributed by atoms with Crippen LogP contribution in [0, 0.1) is 0 Å². The summed E-state index contributed by atoms with van der Waals surface area (Å²) in [5.41, 5.74) is 4.58. The van der Waals surface area contributed by atoms with Crippen molar-refractivity contribution >= 4 is 28.5 Å². The fourth-order valence-corrected chi connectivity index (χ4v) is 3.80. The molecule has 4 rings (SSSR count). The van der Waals surface area contributed by atoms with Crippen LogP contribution in [0.5, 0.6) is 0 Å². The number of pyridine rings is 1.